The van der Waals surface area contributed by atoms with E-state index in [0.29, 0.717) is 35.3 Å². The van der Waals surface area contributed by atoms with Crippen molar-refractivity contribution in [2.75, 3.05) is 21.3 Å². The van der Waals surface area contributed by atoms with Crippen LogP contribution in [0.15, 0.2) is 105 Å². The van der Waals surface area contributed by atoms with Crippen molar-refractivity contribution in [3.63, 3.8) is 0 Å². The van der Waals surface area contributed by atoms with Crippen LogP contribution >= 0.6 is 69.6 Å². The number of azo groups is 2. The Labute approximate surface area is 397 Å². The zero-order valence-corrected chi connectivity index (χ0v) is 38.7. The quantitative estimate of drug-likeness (QED) is 0.0560. The Kier molecular flexibility index (Phi) is 17.1. The van der Waals surface area contributed by atoms with Crippen LogP contribution in [0.2, 0.25) is 30.1 Å². The van der Waals surface area contributed by atoms with Crippen LogP contribution < -0.4 is 21.3 Å². The van der Waals surface area contributed by atoms with E-state index >= 15 is 0 Å². The molecule has 2 atom stereocenters. The van der Waals surface area contributed by atoms with Crippen molar-refractivity contribution in [3.8, 4) is 0 Å². The van der Waals surface area contributed by atoms with Crippen molar-refractivity contribution in [3.05, 3.63) is 137 Å². The molecule has 0 aliphatic carbocycles. The molecule has 0 aliphatic rings. The molecule has 0 aromatic heterocycles. The SMILES string of the molecule is CCc1cc(NC(=O)C(N=Nc2cc(C(=O)Nc3cccc(Cl)c3Cl)ccc2Cl)C(C)=O)c(CC)cc1NC(=O)C(N=Nc1cc(C(=O)Nc2cccc(Cl)c2Cl)ccc1Cl)C(C)=O. The second kappa shape index (κ2) is 22.2. The van der Waals surface area contributed by atoms with Gasteiger partial charge in [0.15, 0.2) is 11.6 Å². The van der Waals surface area contributed by atoms with E-state index in [-0.39, 0.29) is 64.0 Å². The first kappa shape index (κ1) is 49.3. The van der Waals surface area contributed by atoms with Crippen molar-refractivity contribution in [2.24, 2.45) is 20.5 Å². The van der Waals surface area contributed by atoms with Crippen LogP contribution in [0.4, 0.5) is 34.1 Å². The van der Waals surface area contributed by atoms with Crippen molar-refractivity contribution in [1.82, 2.24) is 0 Å². The van der Waals surface area contributed by atoms with Gasteiger partial charge < -0.3 is 21.3 Å². The second-order valence-electron chi connectivity index (χ2n) is 13.8. The number of carbonyl (C=O) groups is 6. The Morgan fingerprint density at radius 2 is 0.859 bits per heavy atom. The summed E-state index contributed by atoms with van der Waals surface area (Å²) >= 11 is 37.2. The van der Waals surface area contributed by atoms with Crippen LogP contribution in [0.3, 0.4) is 0 Å². The third kappa shape index (κ3) is 12.3. The number of anilines is 4. The number of Topliss-reactive ketones (excluding diaryl/α,β-unsaturated/α-hetero) is 2. The minimum absolute atomic E-state index is 0.0104. The molecular formula is C44H36Cl6N8O6. The first-order valence-electron chi connectivity index (χ1n) is 19.1. The van der Waals surface area contributed by atoms with Crippen LogP contribution in [0, 0.1) is 0 Å². The van der Waals surface area contributed by atoms with Crippen LogP contribution in [0.5, 0.6) is 0 Å². The predicted molar refractivity (Wildman–Crippen MR) is 252 cm³/mol. The van der Waals surface area contributed by atoms with Crippen LogP contribution in [-0.4, -0.2) is 47.3 Å². The highest BCUT2D eigenvalue weighted by Gasteiger charge is 2.27. The van der Waals surface area contributed by atoms with Crippen molar-refractivity contribution >= 4 is 139 Å². The number of aryl methyl sites for hydroxylation is 2. The van der Waals surface area contributed by atoms with E-state index in [1.165, 1.54) is 50.2 Å². The van der Waals surface area contributed by atoms with E-state index in [0.717, 1.165) is 0 Å². The second-order valence-corrected chi connectivity index (χ2v) is 16.1. The molecule has 5 aromatic rings. The fourth-order valence-corrected chi connectivity index (χ4v) is 6.84. The average molecular weight is 986 g/mol. The number of hydrogen-bond acceptors (Lipinski definition) is 10. The molecule has 0 saturated heterocycles. The van der Waals surface area contributed by atoms with Gasteiger partial charge in [-0.1, -0.05) is 95.6 Å². The van der Waals surface area contributed by atoms with Gasteiger partial charge in [-0.3, -0.25) is 28.8 Å². The first-order chi connectivity index (χ1) is 30.4. The van der Waals surface area contributed by atoms with Gasteiger partial charge in [0, 0.05) is 22.5 Å². The monoisotopic (exact) mass is 982 g/mol. The van der Waals surface area contributed by atoms with Gasteiger partial charge >= 0.3 is 0 Å². The fraction of sp³-hybridized carbons (Fsp3) is 0.182. The van der Waals surface area contributed by atoms with Gasteiger partial charge in [-0.15, -0.1) is 0 Å². The molecule has 2 unspecified atom stereocenters. The molecular weight excluding hydrogens is 949 g/mol. The molecule has 0 spiro atoms. The van der Waals surface area contributed by atoms with Crippen molar-refractivity contribution in [1.29, 1.82) is 0 Å². The van der Waals surface area contributed by atoms with E-state index in [4.69, 9.17) is 69.6 Å². The van der Waals surface area contributed by atoms with E-state index in [1.54, 1.807) is 48.5 Å². The summed E-state index contributed by atoms with van der Waals surface area (Å²) < 4.78 is 0. The van der Waals surface area contributed by atoms with Gasteiger partial charge in [-0.25, -0.2) is 0 Å². The van der Waals surface area contributed by atoms with Gasteiger partial charge in [-0.2, -0.15) is 20.5 Å². The highest BCUT2D eigenvalue weighted by atomic mass is 35.5. The Morgan fingerprint density at radius 1 is 0.484 bits per heavy atom. The van der Waals surface area contributed by atoms with Gasteiger partial charge in [-0.05, 0) is 111 Å². The largest absolute Gasteiger partial charge is 0.323 e. The summed E-state index contributed by atoms with van der Waals surface area (Å²) in [6, 6.07) is 17.9. The maximum Gasteiger partial charge on any atom is 0.258 e. The summed E-state index contributed by atoms with van der Waals surface area (Å²) in [5.74, 6) is -4.01. The number of amides is 4. The third-order valence-corrected chi connectivity index (χ3v) is 11.5. The maximum atomic E-state index is 13.6. The van der Waals surface area contributed by atoms with Gasteiger partial charge in [0.25, 0.3) is 23.6 Å². The number of nitrogens with one attached hydrogen (secondary N) is 4. The van der Waals surface area contributed by atoms with Crippen LogP contribution in [0.1, 0.15) is 59.5 Å². The fourth-order valence-electron chi connectivity index (χ4n) is 5.84. The molecule has 0 bridgehead atoms. The first-order valence-corrected chi connectivity index (χ1v) is 21.4. The maximum absolute atomic E-state index is 13.6. The topological polar surface area (TPSA) is 200 Å². The Bertz CT molecular complexity index is 2560. The lowest BCUT2D eigenvalue weighted by atomic mass is 10.0. The van der Waals surface area contributed by atoms with Crippen molar-refractivity contribution < 1.29 is 28.8 Å². The molecule has 0 fully saturated rings. The van der Waals surface area contributed by atoms with Crippen molar-refractivity contribution in [2.45, 2.75) is 52.6 Å². The van der Waals surface area contributed by atoms with Gasteiger partial charge in [0.2, 0.25) is 12.1 Å². The average Bonchev–Trinajstić information content (AvgIpc) is 3.25. The summed E-state index contributed by atoms with van der Waals surface area (Å²) in [5.41, 5.74) is 2.61. The molecule has 0 aliphatic heterocycles. The van der Waals surface area contributed by atoms with E-state index in [9.17, 15) is 28.8 Å². The van der Waals surface area contributed by atoms with Gasteiger partial charge in [0.05, 0.1) is 41.5 Å². The zero-order valence-electron chi connectivity index (χ0n) is 34.2. The van der Waals surface area contributed by atoms with Crippen LogP contribution in [0.25, 0.3) is 0 Å². The number of ketones is 2. The molecule has 5 aromatic carbocycles. The Morgan fingerprint density at radius 3 is 1.20 bits per heavy atom. The number of halogens is 6. The summed E-state index contributed by atoms with van der Waals surface area (Å²) in [4.78, 5) is 78.7. The summed E-state index contributed by atoms with van der Waals surface area (Å²) in [6.07, 6.45) is 0.725. The standard InChI is InChI=1S/C44H36Cl6N8O6/c1-5-23-17-34(54-44(64)40(22(4)60)58-56-36-20-26(14-16-28(36)46)42(62)52-32-12-8-10-30(48)38(32)50)24(6-2)18-33(23)53-43(63)39(21(3)59)57-55-35-19-25(13-15-27(35)45)41(61)51-31-11-7-9-29(47)37(31)49/h7-20,39-40H,5-6H2,1-4H3,(H,51,61)(H,52,62)(H,53,63)(H,54,64). The number of nitrogens with zero attached hydrogens (tertiary/aromatic N) is 4. The Hall–Kier alpha value is -5.74. The lowest BCUT2D eigenvalue weighted by Crippen LogP contribution is -2.33. The zero-order chi connectivity index (χ0) is 46.8. The molecule has 330 valence electrons. The highest BCUT2D eigenvalue weighted by Crippen LogP contribution is 2.34. The molecule has 5 rings (SSSR count). The Balaban J connectivity index is 1.31. The summed E-state index contributed by atoms with van der Waals surface area (Å²) in [7, 11) is 0. The molecule has 0 saturated carbocycles. The predicted octanol–water partition coefficient (Wildman–Crippen LogP) is 12.6. The summed E-state index contributed by atoms with van der Waals surface area (Å²) in [5, 5.41) is 27.9. The normalized spacial score (nSPS) is 12.2. The smallest absolute Gasteiger partial charge is 0.258 e. The number of benzene rings is 5. The molecule has 20 heteroatoms. The minimum atomic E-state index is -1.61. The third-order valence-electron chi connectivity index (χ3n) is 9.25. The lowest BCUT2D eigenvalue weighted by molar-refractivity contribution is -0.127. The molecule has 14 nitrogen and oxygen atoms in total. The van der Waals surface area contributed by atoms with Gasteiger partial charge in [0.1, 0.15) is 11.4 Å². The summed E-state index contributed by atoms with van der Waals surface area (Å²) in [6.45, 7) is 5.96. The number of carbonyl (C=O) groups excluding carboxylic acids is 6. The molecule has 64 heavy (non-hydrogen) atoms. The van der Waals surface area contributed by atoms with E-state index < -0.39 is 47.3 Å². The van der Waals surface area contributed by atoms with E-state index in [2.05, 4.69) is 41.7 Å². The molecule has 4 N–H and O–H groups in total. The molecule has 0 heterocycles. The number of hydrogen-bond donors (Lipinski definition) is 4. The molecule has 0 radical (unpaired) electrons. The lowest BCUT2D eigenvalue weighted by Gasteiger charge is -2.18. The van der Waals surface area contributed by atoms with Crippen LogP contribution in [-0.2, 0) is 32.0 Å². The highest BCUT2D eigenvalue weighted by molar-refractivity contribution is 6.44. The van der Waals surface area contributed by atoms with E-state index in [1.807, 2.05) is 13.8 Å². The molecule has 4 amide bonds. The minimum Gasteiger partial charge on any atom is -0.323 e. The number of rotatable bonds is 16.